The van der Waals surface area contributed by atoms with Crippen LogP contribution in [-0.4, -0.2) is 41.6 Å². The molecule has 27 heavy (non-hydrogen) atoms. The van der Waals surface area contributed by atoms with Crippen LogP contribution in [0, 0.1) is 0 Å². The minimum atomic E-state index is -0.739. The average Bonchev–Trinajstić information content (AvgIpc) is 2.49. The topological polar surface area (TPSA) is 93.7 Å². The summed E-state index contributed by atoms with van der Waals surface area (Å²) in [5.41, 5.74) is -0.455. The summed E-state index contributed by atoms with van der Waals surface area (Å²) in [5.74, 6) is -0.0177. The minimum absolute atomic E-state index is 0.180. The van der Waals surface area contributed by atoms with E-state index in [0.717, 1.165) is 0 Å². The van der Waals surface area contributed by atoms with Gasteiger partial charge in [0.1, 0.15) is 18.0 Å². The van der Waals surface area contributed by atoms with Crippen molar-refractivity contribution >= 4 is 17.8 Å². The molecule has 150 valence electrons. The van der Waals surface area contributed by atoms with E-state index in [9.17, 15) is 14.4 Å². The molecule has 0 saturated heterocycles. The lowest BCUT2D eigenvalue weighted by molar-refractivity contribution is -0.122. The molecule has 1 aromatic carbocycles. The van der Waals surface area contributed by atoms with Crippen molar-refractivity contribution in [1.82, 2.24) is 10.6 Å². The van der Waals surface area contributed by atoms with Gasteiger partial charge in [-0.3, -0.25) is 9.59 Å². The maximum absolute atomic E-state index is 12.1. The van der Waals surface area contributed by atoms with E-state index in [2.05, 4.69) is 10.6 Å². The second-order valence-electron chi connectivity index (χ2n) is 8.35. The molecule has 0 fully saturated rings. The van der Waals surface area contributed by atoms with E-state index in [1.54, 1.807) is 52.0 Å². The largest absolute Gasteiger partial charge is 0.486 e. The van der Waals surface area contributed by atoms with Crippen molar-refractivity contribution < 1.29 is 23.9 Å². The Bertz CT molecular complexity index is 669. The Hall–Kier alpha value is -2.57. The van der Waals surface area contributed by atoms with Gasteiger partial charge in [0.2, 0.25) is 0 Å². The number of carbonyl (C=O) groups excluding carboxylic acids is 3. The van der Waals surface area contributed by atoms with Gasteiger partial charge in [0.05, 0.1) is 6.04 Å². The van der Waals surface area contributed by atoms with Crippen molar-refractivity contribution in [2.24, 2.45) is 0 Å². The first-order valence-electron chi connectivity index (χ1n) is 8.84. The third kappa shape index (κ3) is 9.08. The molecule has 0 spiro atoms. The summed E-state index contributed by atoms with van der Waals surface area (Å²) < 4.78 is 10.5. The number of amides is 2. The van der Waals surface area contributed by atoms with E-state index in [4.69, 9.17) is 9.47 Å². The molecule has 0 heterocycles. The van der Waals surface area contributed by atoms with Gasteiger partial charge < -0.3 is 20.1 Å². The fourth-order valence-corrected chi connectivity index (χ4v) is 1.96. The Kier molecular flexibility index (Phi) is 7.39. The van der Waals surface area contributed by atoms with E-state index in [1.165, 1.54) is 0 Å². The van der Waals surface area contributed by atoms with Crippen LogP contribution in [0.4, 0.5) is 4.79 Å². The molecule has 0 aromatic heterocycles. The van der Waals surface area contributed by atoms with Crippen LogP contribution in [0.15, 0.2) is 24.3 Å². The Morgan fingerprint density at radius 1 is 1.00 bits per heavy atom. The van der Waals surface area contributed by atoms with Crippen molar-refractivity contribution in [3.63, 3.8) is 0 Å². The quantitative estimate of drug-likeness (QED) is 0.793. The zero-order valence-corrected chi connectivity index (χ0v) is 17.1. The summed E-state index contributed by atoms with van der Waals surface area (Å²) in [7, 11) is 0. The summed E-state index contributed by atoms with van der Waals surface area (Å²) in [5, 5.41) is 5.34. The number of alkyl carbamates (subject to hydrolysis) is 1. The van der Waals surface area contributed by atoms with Crippen molar-refractivity contribution in [1.29, 1.82) is 0 Å². The molecule has 0 aliphatic heterocycles. The summed E-state index contributed by atoms with van der Waals surface area (Å²) in [4.78, 5) is 35.8. The SMILES string of the molecule is CC(NC(=O)OC(C)(C)C)C(=O)COc1ccc(C(=O)NC(C)(C)C)cc1. The first kappa shape index (κ1) is 22.5. The fraction of sp³-hybridized carbons (Fsp3) is 0.550. The first-order chi connectivity index (χ1) is 12.3. The summed E-state index contributed by atoms with van der Waals surface area (Å²) >= 11 is 0. The number of hydrogen-bond donors (Lipinski definition) is 2. The molecule has 2 amide bonds. The molecule has 1 atom stereocenters. The van der Waals surface area contributed by atoms with Crippen LogP contribution in [-0.2, 0) is 9.53 Å². The highest BCUT2D eigenvalue weighted by atomic mass is 16.6. The van der Waals surface area contributed by atoms with E-state index in [1.807, 2.05) is 20.8 Å². The van der Waals surface area contributed by atoms with Crippen LogP contribution in [0.3, 0.4) is 0 Å². The maximum atomic E-state index is 12.1. The number of ether oxygens (including phenoxy) is 2. The van der Waals surface area contributed by atoms with Gasteiger partial charge >= 0.3 is 6.09 Å². The van der Waals surface area contributed by atoms with Gasteiger partial charge in [-0.15, -0.1) is 0 Å². The van der Waals surface area contributed by atoms with Crippen molar-refractivity contribution in [3.8, 4) is 5.75 Å². The van der Waals surface area contributed by atoms with Gasteiger partial charge in [-0.2, -0.15) is 0 Å². The van der Waals surface area contributed by atoms with Gasteiger partial charge in [-0.05, 0) is 72.7 Å². The van der Waals surface area contributed by atoms with Crippen LogP contribution >= 0.6 is 0 Å². The second kappa shape index (κ2) is 8.88. The normalized spacial score (nSPS) is 12.7. The number of hydrogen-bond acceptors (Lipinski definition) is 5. The molecule has 1 aromatic rings. The lowest BCUT2D eigenvalue weighted by Gasteiger charge is -2.21. The number of carbonyl (C=O) groups is 3. The van der Waals surface area contributed by atoms with E-state index >= 15 is 0 Å². The molecule has 2 N–H and O–H groups in total. The van der Waals surface area contributed by atoms with Gasteiger partial charge in [-0.25, -0.2) is 4.79 Å². The predicted octanol–water partition coefficient (Wildman–Crippen LogP) is 3.08. The molecule has 0 radical (unpaired) electrons. The Morgan fingerprint density at radius 3 is 2.04 bits per heavy atom. The molecular formula is C20H30N2O5. The van der Waals surface area contributed by atoms with Crippen LogP contribution < -0.4 is 15.4 Å². The van der Waals surface area contributed by atoms with E-state index < -0.39 is 17.7 Å². The standard InChI is InChI=1S/C20H30N2O5/c1-13(21-18(25)27-20(5,6)7)16(23)12-26-15-10-8-14(9-11-15)17(24)22-19(2,3)4/h8-11,13H,12H2,1-7H3,(H,21,25)(H,22,24). The van der Waals surface area contributed by atoms with Crippen LogP contribution in [0.25, 0.3) is 0 Å². The molecular weight excluding hydrogens is 348 g/mol. The summed E-state index contributed by atoms with van der Waals surface area (Å²) in [6, 6.07) is 5.76. The van der Waals surface area contributed by atoms with Gasteiger partial charge in [-0.1, -0.05) is 0 Å². The third-order valence-electron chi connectivity index (χ3n) is 3.20. The van der Waals surface area contributed by atoms with Crippen molar-refractivity contribution in [2.45, 2.75) is 65.6 Å². The molecule has 7 heteroatoms. The zero-order valence-electron chi connectivity index (χ0n) is 17.1. The summed E-state index contributed by atoms with van der Waals surface area (Å²) in [6.45, 7) is 12.3. The molecule has 1 rings (SSSR count). The van der Waals surface area contributed by atoms with Gasteiger partial charge in [0, 0.05) is 11.1 Å². The van der Waals surface area contributed by atoms with Gasteiger partial charge in [0.15, 0.2) is 5.78 Å². The molecule has 0 aliphatic rings. The summed E-state index contributed by atoms with van der Waals surface area (Å²) in [6.07, 6.45) is -0.655. The predicted molar refractivity (Wildman–Crippen MR) is 103 cm³/mol. The van der Waals surface area contributed by atoms with Gasteiger partial charge in [0.25, 0.3) is 5.91 Å². The minimum Gasteiger partial charge on any atom is -0.486 e. The molecule has 0 saturated carbocycles. The number of ketones is 1. The van der Waals surface area contributed by atoms with Crippen LogP contribution in [0.1, 0.15) is 58.8 Å². The van der Waals surface area contributed by atoms with Crippen LogP contribution in [0.5, 0.6) is 5.75 Å². The Labute approximate surface area is 160 Å². The smallest absolute Gasteiger partial charge is 0.408 e. The number of Topliss-reactive ketones (excluding diaryl/α,β-unsaturated/α-hetero) is 1. The second-order valence-corrected chi connectivity index (χ2v) is 8.35. The zero-order chi connectivity index (χ0) is 20.8. The monoisotopic (exact) mass is 378 g/mol. The lowest BCUT2D eigenvalue weighted by atomic mass is 10.1. The third-order valence-corrected chi connectivity index (χ3v) is 3.20. The van der Waals surface area contributed by atoms with Crippen molar-refractivity contribution in [2.75, 3.05) is 6.61 Å². The highest BCUT2D eigenvalue weighted by Crippen LogP contribution is 2.13. The van der Waals surface area contributed by atoms with Crippen LogP contribution in [0.2, 0.25) is 0 Å². The highest BCUT2D eigenvalue weighted by molar-refractivity contribution is 5.94. The molecule has 1 unspecified atom stereocenters. The fourth-order valence-electron chi connectivity index (χ4n) is 1.96. The molecule has 7 nitrogen and oxygen atoms in total. The first-order valence-corrected chi connectivity index (χ1v) is 8.84. The lowest BCUT2D eigenvalue weighted by Crippen LogP contribution is -2.43. The maximum Gasteiger partial charge on any atom is 0.408 e. The van der Waals surface area contributed by atoms with E-state index in [0.29, 0.717) is 11.3 Å². The molecule has 0 aliphatic carbocycles. The number of benzene rings is 1. The number of nitrogens with one attached hydrogen (secondary N) is 2. The Balaban J connectivity index is 2.52. The van der Waals surface area contributed by atoms with Crippen molar-refractivity contribution in [3.05, 3.63) is 29.8 Å². The molecule has 0 bridgehead atoms. The van der Waals surface area contributed by atoms with E-state index in [-0.39, 0.29) is 23.8 Å². The number of rotatable bonds is 6. The highest BCUT2D eigenvalue weighted by Gasteiger charge is 2.21. The average molecular weight is 378 g/mol. The Morgan fingerprint density at radius 2 is 1.56 bits per heavy atom.